The van der Waals surface area contributed by atoms with Gasteiger partial charge in [0.1, 0.15) is 0 Å². The zero-order valence-electron chi connectivity index (χ0n) is 10.6. The van der Waals surface area contributed by atoms with Gasteiger partial charge in [-0.2, -0.15) is 0 Å². The van der Waals surface area contributed by atoms with Crippen LogP contribution >= 0.6 is 15.9 Å². The summed E-state index contributed by atoms with van der Waals surface area (Å²) >= 11 is 3.45. The van der Waals surface area contributed by atoms with Gasteiger partial charge >= 0.3 is 0 Å². The lowest BCUT2D eigenvalue weighted by Crippen LogP contribution is -2.31. The number of anilines is 1. The van der Waals surface area contributed by atoms with Crippen LogP contribution in [0.15, 0.2) is 34.8 Å². The maximum Gasteiger partial charge on any atom is 0.238 e. The second-order valence-electron chi connectivity index (χ2n) is 5.05. The number of rotatable bonds is 1. The zero-order valence-corrected chi connectivity index (χ0v) is 12.2. The SMILES string of the molecule is Cc1c(Br)cccc1N1C(=O)C2CC=CCC2C1=O. The third-order valence-corrected chi connectivity index (χ3v) is 4.85. The van der Waals surface area contributed by atoms with Gasteiger partial charge in [-0.1, -0.05) is 34.1 Å². The Hall–Kier alpha value is -1.42. The third kappa shape index (κ3) is 1.86. The number of carbonyl (C=O) groups excluding carboxylic acids is 2. The number of halogens is 1. The lowest BCUT2D eigenvalue weighted by molar-refractivity contribution is -0.122. The van der Waals surface area contributed by atoms with E-state index in [0.29, 0.717) is 18.5 Å². The van der Waals surface area contributed by atoms with Crippen LogP contribution in [0.25, 0.3) is 0 Å². The minimum Gasteiger partial charge on any atom is -0.274 e. The Labute approximate surface area is 120 Å². The standard InChI is InChI=1S/C15H14BrNO2/c1-9-12(16)7-4-8-13(9)17-14(18)10-5-2-3-6-11(10)15(17)19/h2-4,7-8,10-11H,5-6H2,1H3. The highest BCUT2D eigenvalue weighted by Gasteiger charge is 2.48. The number of nitrogens with zero attached hydrogens (tertiary/aromatic N) is 1. The molecule has 1 fully saturated rings. The lowest BCUT2D eigenvalue weighted by Gasteiger charge is -2.18. The highest BCUT2D eigenvalue weighted by atomic mass is 79.9. The largest absolute Gasteiger partial charge is 0.274 e. The molecule has 2 aliphatic rings. The molecule has 1 aliphatic heterocycles. The molecule has 0 bridgehead atoms. The first-order valence-electron chi connectivity index (χ1n) is 6.39. The van der Waals surface area contributed by atoms with Gasteiger partial charge < -0.3 is 0 Å². The second-order valence-corrected chi connectivity index (χ2v) is 5.91. The first-order valence-corrected chi connectivity index (χ1v) is 7.18. The number of hydrogen-bond acceptors (Lipinski definition) is 2. The highest BCUT2D eigenvalue weighted by Crippen LogP contribution is 2.39. The van der Waals surface area contributed by atoms with Gasteiger partial charge in [-0.25, -0.2) is 4.90 Å². The van der Waals surface area contributed by atoms with Gasteiger partial charge in [0.2, 0.25) is 11.8 Å². The van der Waals surface area contributed by atoms with Crippen molar-refractivity contribution in [1.29, 1.82) is 0 Å². The lowest BCUT2D eigenvalue weighted by atomic mass is 9.85. The third-order valence-electron chi connectivity index (χ3n) is 3.99. The van der Waals surface area contributed by atoms with E-state index in [2.05, 4.69) is 15.9 Å². The average molecular weight is 320 g/mol. The molecule has 2 atom stereocenters. The van der Waals surface area contributed by atoms with Gasteiger partial charge in [0.25, 0.3) is 0 Å². The van der Waals surface area contributed by atoms with Crippen molar-refractivity contribution in [2.75, 3.05) is 4.90 Å². The molecule has 98 valence electrons. The van der Waals surface area contributed by atoms with Crippen LogP contribution in [0.5, 0.6) is 0 Å². The molecule has 1 heterocycles. The number of allylic oxidation sites excluding steroid dienone is 2. The topological polar surface area (TPSA) is 37.4 Å². The molecule has 1 aromatic carbocycles. The Balaban J connectivity index is 2.04. The summed E-state index contributed by atoms with van der Waals surface area (Å²) in [6.45, 7) is 1.92. The van der Waals surface area contributed by atoms with Crippen LogP contribution in [0.4, 0.5) is 5.69 Å². The maximum atomic E-state index is 12.5. The van der Waals surface area contributed by atoms with Crippen molar-refractivity contribution >= 4 is 33.4 Å². The first-order chi connectivity index (χ1) is 9.11. The normalized spacial score (nSPS) is 25.9. The van der Waals surface area contributed by atoms with Crippen molar-refractivity contribution in [2.45, 2.75) is 19.8 Å². The fraction of sp³-hybridized carbons (Fsp3) is 0.333. The molecule has 3 nitrogen and oxygen atoms in total. The Morgan fingerprint density at radius 1 is 1.11 bits per heavy atom. The van der Waals surface area contributed by atoms with Crippen LogP contribution in [0.2, 0.25) is 0 Å². The van der Waals surface area contributed by atoms with Gasteiger partial charge in [0, 0.05) is 4.47 Å². The molecule has 0 N–H and O–H groups in total. The maximum absolute atomic E-state index is 12.5. The number of amides is 2. The van der Waals surface area contributed by atoms with E-state index in [1.54, 1.807) is 0 Å². The van der Waals surface area contributed by atoms with Crippen LogP contribution in [0.1, 0.15) is 18.4 Å². The minimum absolute atomic E-state index is 0.0550. The summed E-state index contributed by atoms with van der Waals surface area (Å²) in [5.41, 5.74) is 1.63. The van der Waals surface area contributed by atoms with E-state index in [-0.39, 0.29) is 23.7 Å². The van der Waals surface area contributed by atoms with Crippen LogP contribution in [0.3, 0.4) is 0 Å². The van der Waals surface area contributed by atoms with Gasteiger partial charge in [-0.15, -0.1) is 0 Å². The molecule has 19 heavy (non-hydrogen) atoms. The van der Waals surface area contributed by atoms with Crippen molar-refractivity contribution in [3.63, 3.8) is 0 Å². The van der Waals surface area contributed by atoms with Crippen LogP contribution in [0, 0.1) is 18.8 Å². The van der Waals surface area contributed by atoms with E-state index in [4.69, 9.17) is 0 Å². The Morgan fingerprint density at radius 3 is 2.26 bits per heavy atom. The molecule has 4 heteroatoms. The van der Waals surface area contributed by atoms with E-state index in [0.717, 1.165) is 10.0 Å². The van der Waals surface area contributed by atoms with Gasteiger partial charge in [0.05, 0.1) is 17.5 Å². The van der Waals surface area contributed by atoms with E-state index in [9.17, 15) is 9.59 Å². The number of imide groups is 1. The van der Waals surface area contributed by atoms with E-state index < -0.39 is 0 Å². The molecule has 2 amide bonds. The molecule has 0 spiro atoms. The summed E-state index contributed by atoms with van der Waals surface area (Å²) < 4.78 is 0.915. The van der Waals surface area contributed by atoms with Crippen molar-refractivity contribution in [3.05, 3.63) is 40.4 Å². The molecule has 3 rings (SSSR count). The number of benzene rings is 1. The Morgan fingerprint density at radius 2 is 1.68 bits per heavy atom. The summed E-state index contributed by atoms with van der Waals surface area (Å²) in [7, 11) is 0. The van der Waals surface area contributed by atoms with E-state index >= 15 is 0 Å². The number of carbonyl (C=O) groups is 2. The van der Waals surface area contributed by atoms with Crippen LogP contribution < -0.4 is 4.90 Å². The Kier molecular flexibility index (Phi) is 3.05. The van der Waals surface area contributed by atoms with Crippen LogP contribution in [-0.4, -0.2) is 11.8 Å². The van der Waals surface area contributed by atoms with Crippen LogP contribution in [-0.2, 0) is 9.59 Å². The summed E-state index contributed by atoms with van der Waals surface area (Å²) in [4.78, 5) is 26.3. The molecule has 2 unspecified atom stereocenters. The predicted octanol–water partition coefficient (Wildman–Crippen LogP) is 3.21. The van der Waals surface area contributed by atoms with E-state index in [1.807, 2.05) is 37.3 Å². The fourth-order valence-corrected chi connectivity index (χ4v) is 3.23. The Bertz CT molecular complexity index is 568. The molecule has 0 radical (unpaired) electrons. The van der Waals surface area contributed by atoms with Crippen molar-refractivity contribution < 1.29 is 9.59 Å². The number of fused-ring (bicyclic) bond motifs is 1. The van der Waals surface area contributed by atoms with Gasteiger partial charge in [-0.05, 0) is 37.5 Å². The summed E-state index contributed by atoms with van der Waals surface area (Å²) in [5.74, 6) is -0.451. The summed E-state index contributed by atoms with van der Waals surface area (Å²) in [6, 6.07) is 5.60. The number of hydrogen-bond donors (Lipinski definition) is 0. The first kappa shape index (κ1) is 12.6. The van der Waals surface area contributed by atoms with Crippen molar-refractivity contribution in [2.24, 2.45) is 11.8 Å². The average Bonchev–Trinajstić information content (AvgIpc) is 2.67. The van der Waals surface area contributed by atoms with Gasteiger partial charge in [-0.3, -0.25) is 9.59 Å². The molecule has 1 aliphatic carbocycles. The smallest absolute Gasteiger partial charge is 0.238 e. The summed E-state index contributed by atoms with van der Waals surface area (Å²) in [6.07, 6.45) is 5.37. The molecule has 0 saturated carbocycles. The molecule has 1 saturated heterocycles. The molecular formula is C15H14BrNO2. The molecule has 0 aromatic heterocycles. The predicted molar refractivity (Wildman–Crippen MR) is 76.7 cm³/mol. The van der Waals surface area contributed by atoms with Crippen molar-refractivity contribution in [3.8, 4) is 0 Å². The second kappa shape index (κ2) is 4.60. The van der Waals surface area contributed by atoms with Crippen molar-refractivity contribution in [1.82, 2.24) is 0 Å². The van der Waals surface area contributed by atoms with Gasteiger partial charge in [0.15, 0.2) is 0 Å². The monoisotopic (exact) mass is 319 g/mol. The molecular weight excluding hydrogens is 306 g/mol. The molecule has 1 aromatic rings. The minimum atomic E-state index is -0.170. The summed E-state index contributed by atoms with van der Waals surface area (Å²) in [5, 5.41) is 0. The highest BCUT2D eigenvalue weighted by molar-refractivity contribution is 9.10. The zero-order chi connectivity index (χ0) is 13.6. The van der Waals surface area contributed by atoms with E-state index in [1.165, 1.54) is 4.90 Å². The quantitative estimate of drug-likeness (QED) is 0.588. The fourth-order valence-electron chi connectivity index (χ4n) is 2.88.